The maximum Gasteiger partial charge on any atom is 0.160 e. The topological polar surface area (TPSA) is 38.7 Å². The predicted molar refractivity (Wildman–Crippen MR) is 217 cm³/mol. The molecule has 0 bridgehead atoms. The van der Waals surface area contributed by atoms with E-state index < -0.39 is 0 Å². The molecule has 3 nitrogen and oxygen atoms in total. The number of nitrogens with zero attached hydrogens (tertiary/aromatic N) is 3. The van der Waals surface area contributed by atoms with Crippen LogP contribution in [0.4, 0.5) is 0 Å². The lowest BCUT2D eigenvalue weighted by molar-refractivity contribution is 1.18. The molecule has 2 heterocycles. The summed E-state index contributed by atoms with van der Waals surface area (Å²) in [5.74, 6) is 0.695. The number of aromatic nitrogens is 3. The molecule has 0 fully saturated rings. The molecule has 52 heavy (non-hydrogen) atoms. The molecular formula is C49H31N3. The van der Waals surface area contributed by atoms with Gasteiger partial charge < -0.3 is 0 Å². The number of fused-ring (bicyclic) bond motifs is 8. The quantitative estimate of drug-likeness (QED) is 0.172. The van der Waals surface area contributed by atoms with Crippen molar-refractivity contribution in [3.8, 4) is 56.3 Å². The number of para-hydroxylation sites is 1. The third-order valence-corrected chi connectivity index (χ3v) is 10.1. The molecule has 10 rings (SSSR count). The van der Waals surface area contributed by atoms with Crippen molar-refractivity contribution in [3.05, 3.63) is 188 Å². The number of benzene rings is 8. The highest BCUT2D eigenvalue weighted by Gasteiger charge is 2.18. The Kier molecular flexibility index (Phi) is 7.14. The Morgan fingerprint density at radius 3 is 1.33 bits per heavy atom. The zero-order valence-corrected chi connectivity index (χ0v) is 28.2. The van der Waals surface area contributed by atoms with Crippen molar-refractivity contribution in [2.75, 3.05) is 0 Å². The van der Waals surface area contributed by atoms with Gasteiger partial charge in [-0.3, -0.25) is 0 Å². The molecule has 0 N–H and O–H groups in total. The summed E-state index contributed by atoms with van der Waals surface area (Å²) >= 11 is 0. The van der Waals surface area contributed by atoms with Gasteiger partial charge in [-0.25, -0.2) is 15.0 Å². The van der Waals surface area contributed by atoms with Crippen LogP contribution >= 0.6 is 0 Å². The minimum atomic E-state index is 0.695. The van der Waals surface area contributed by atoms with E-state index in [0.717, 1.165) is 50.4 Å². The Hall–Kier alpha value is -6.97. The van der Waals surface area contributed by atoms with Crippen LogP contribution in [0.25, 0.3) is 99.5 Å². The van der Waals surface area contributed by atoms with Gasteiger partial charge in [0.05, 0.1) is 22.6 Å². The number of hydrogen-bond acceptors (Lipinski definition) is 3. The first-order valence-corrected chi connectivity index (χ1v) is 17.6. The van der Waals surface area contributed by atoms with Gasteiger partial charge in [-0.2, -0.15) is 0 Å². The van der Waals surface area contributed by atoms with Crippen molar-refractivity contribution in [3.63, 3.8) is 0 Å². The third kappa shape index (κ3) is 5.10. The van der Waals surface area contributed by atoms with Crippen LogP contribution in [0, 0.1) is 0 Å². The van der Waals surface area contributed by atoms with Gasteiger partial charge in [0, 0.05) is 38.4 Å². The molecule has 0 amide bonds. The van der Waals surface area contributed by atoms with E-state index in [4.69, 9.17) is 15.0 Å². The van der Waals surface area contributed by atoms with Gasteiger partial charge in [0.25, 0.3) is 0 Å². The molecule has 0 radical (unpaired) electrons. The smallest absolute Gasteiger partial charge is 0.160 e. The van der Waals surface area contributed by atoms with E-state index >= 15 is 0 Å². The lowest BCUT2D eigenvalue weighted by atomic mass is 9.90. The summed E-state index contributed by atoms with van der Waals surface area (Å²) in [7, 11) is 0. The third-order valence-electron chi connectivity index (χ3n) is 10.1. The molecule has 0 aliphatic carbocycles. The first kappa shape index (κ1) is 29.9. The fourth-order valence-electron chi connectivity index (χ4n) is 7.56. The van der Waals surface area contributed by atoms with E-state index in [9.17, 15) is 0 Å². The maximum atomic E-state index is 5.34. The predicted octanol–water partition coefficient (Wildman–Crippen LogP) is 12.8. The molecule has 242 valence electrons. The molecule has 0 saturated heterocycles. The highest BCUT2D eigenvalue weighted by molar-refractivity contribution is 6.33. The highest BCUT2D eigenvalue weighted by atomic mass is 14.9. The summed E-state index contributed by atoms with van der Waals surface area (Å²) in [5.41, 5.74) is 10.2. The molecule has 10 aromatic rings. The summed E-state index contributed by atoms with van der Waals surface area (Å²) in [6.45, 7) is 0. The van der Waals surface area contributed by atoms with Gasteiger partial charge in [0.2, 0.25) is 0 Å². The van der Waals surface area contributed by atoms with E-state index in [1.807, 2.05) is 24.3 Å². The highest BCUT2D eigenvalue weighted by Crippen LogP contribution is 2.43. The second-order valence-electron chi connectivity index (χ2n) is 13.2. The Morgan fingerprint density at radius 2 is 0.692 bits per heavy atom. The SMILES string of the molecule is c1ccc(-c2ccc(-c3nc(-c4ccccc4)cc(-c4ccc(-c5nc6ccccc6c6c7ccccc7c7ccccc7c56)cc4)n3)cc2)cc1. The van der Waals surface area contributed by atoms with Crippen molar-refractivity contribution in [2.45, 2.75) is 0 Å². The van der Waals surface area contributed by atoms with Crippen molar-refractivity contribution in [2.24, 2.45) is 0 Å². The molecule has 0 aliphatic heterocycles. The summed E-state index contributed by atoms with van der Waals surface area (Å²) in [4.78, 5) is 15.6. The summed E-state index contributed by atoms with van der Waals surface area (Å²) in [5, 5.41) is 8.52. The molecule has 3 heteroatoms. The first-order chi connectivity index (χ1) is 25.8. The molecule has 8 aromatic carbocycles. The van der Waals surface area contributed by atoms with Gasteiger partial charge in [-0.1, -0.05) is 176 Å². The number of hydrogen-bond donors (Lipinski definition) is 0. The molecular weight excluding hydrogens is 631 g/mol. The van der Waals surface area contributed by atoms with Crippen LogP contribution in [0.5, 0.6) is 0 Å². The van der Waals surface area contributed by atoms with E-state index in [0.29, 0.717) is 5.82 Å². The second kappa shape index (κ2) is 12.4. The summed E-state index contributed by atoms with van der Waals surface area (Å²) < 4.78 is 0. The Morgan fingerprint density at radius 1 is 0.269 bits per heavy atom. The molecule has 2 aromatic heterocycles. The standard InChI is InChI=1S/C49H31N3/c1-3-13-32(14-4-1)33-23-29-37(30-24-33)49-51-44(34-15-5-2-6-16-34)31-45(52-49)35-25-27-36(28-26-35)48-47-41-20-10-8-18-39(41)38-17-7-9-19-40(38)46(47)42-21-11-12-22-43(42)50-48/h1-31H. The van der Waals surface area contributed by atoms with Gasteiger partial charge in [-0.15, -0.1) is 0 Å². The lowest BCUT2D eigenvalue weighted by Gasteiger charge is -2.16. The van der Waals surface area contributed by atoms with Crippen LogP contribution in [0.2, 0.25) is 0 Å². The van der Waals surface area contributed by atoms with Gasteiger partial charge in [0.1, 0.15) is 0 Å². The zero-order chi connectivity index (χ0) is 34.4. The van der Waals surface area contributed by atoms with Crippen molar-refractivity contribution < 1.29 is 0 Å². The average molecular weight is 662 g/mol. The van der Waals surface area contributed by atoms with Gasteiger partial charge in [-0.05, 0) is 44.8 Å². The van der Waals surface area contributed by atoms with Crippen LogP contribution in [0.15, 0.2) is 188 Å². The van der Waals surface area contributed by atoms with E-state index in [1.165, 1.54) is 43.3 Å². The zero-order valence-electron chi connectivity index (χ0n) is 28.2. The van der Waals surface area contributed by atoms with Crippen molar-refractivity contribution in [1.29, 1.82) is 0 Å². The Balaban J connectivity index is 1.13. The van der Waals surface area contributed by atoms with Crippen LogP contribution < -0.4 is 0 Å². The largest absolute Gasteiger partial charge is 0.247 e. The lowest BCUT2D eigenvalue weighted by Crippen LogP contribution is -1.96. The monoisotopic (exact) mass is 661 g/mol. The molecule has 0 aliphatic rings. The van der Waals surface area contributed by atoms with Crippen LogP contribution in [-0.2, 0) is 0 Å². The summed E-state index contributed by atoms with van der Waals surface area (Å²) in [6.07, 6.45) is 0. The molecule has 0 atom stereocenters. The van der Waals surface area contributed by atoms with Gasteiger partial charge in [0.15, 0.2) is 5.82 Å². The first-order valence-electron chi connectivity index (χ1n) is 17.6. The molecule has 0 spiro atoms. The Bertz CT molecular complexity index is 2920. The van der Waals surface area contributed by atoms with Crippen LogP contribution in [-0.4, -0.2) is 15.0 Å². The fraction of sp³-hybridized carbons (Fsp3) is 0. The molecule has 0 saturated carbocycles. The van der Waals surface area contributed by atoms with E-state index in [2.05, 4.69) is 164 Å². The normalized spacial score (nSPS) is 11.5. The Labute approximate surface area is 301 Å². The van der Waals surface area contributed by atoms with Crippen LogP contribution in [0.3, 0.4) is 0 Å². The minimum Gasteiger partial charge on any atom is -0.247 e. The average Bonchev–Trinajstić information content (AvgIpc) is 3.24. The van der Waals surface area contributed by atoms with Gasteiger partial charge >= 0.3 is 0 Å². The second-order valence-corrected chi connectivity index (χ2v) is 13.2. The summed E-state index contributed by atoms with van der Waals surface area (Å²) in [6, 6.07) is 66.1. The fourth-order valence-corrected chi connectivity index (χ4v) is 7.56. The van der Waals surface area contributed by atoms with Crippen molar-refractivity contribution in [1.82, 2.24) is 15.0 Å². The van der Waals surface area contributed by atoms with E-state index in [-0.39, 0.29) is 0 Å². The number of pyridine rings is 1. The minimum absolute atomic E-state index is 0.695. The molecule has 0 unspecified atom stereocenters. The number of rotatable bonds is 5. The van der Waals surface area contributed by atoms with Crippen molar-refractivity contribution >= 4 is 43.2 Å². The van der Waals surface area contributed by atoms with E-state index in [1.54, 1.807) is 0 Å². The van der Waals surface area contributed by atoms with Crippen LogP contribution in [0.1, 0.15) is 0 Å². The maximum absolute atomic E-state index is 5.34.